The van der Waals surface area contributed by atoms with Gasteiger partial charge in [-0.15, -0.1) is 11.8 Å². The van der Waals surface area contributed by atoms with Gasteiger partial charge in [0.15, 0.2) is 11.9 Å². The van der Waals surface area contributed by atoms with Gasteiger partial charge in [-0.3, -0.25) is 14.4 Å². The third kappa shape index (κ3) is 6.74. The van der Waals surface area contributed by atoms with Gasteiger partial charge in [0.2, 0.25) is 5.91 Å². The number of thioether (sulfide) groups is 1. The van der Waals surface area contributed by atoms with E-state index in [1.807, 2.05) is 0 Å². The normalized spacial score (nSPS) is 11.5. The summed E-state index contributed by atoms with van der Waals surface area (Å²) in [6, 6.07) is 7.22. The molecule has 0 saturated carbocycles. The minimum absolute atomic E-state index is 0.000428. The van der Waals surface area contributed by atoms with Crippen molar-refractivity contribution < 1.29 is 28.0 Å². The van der Waals surface area contributed by atoms with Crippen LogP contribution in [-0.2, 0) is 19.1 Å². The van der Waals surface area contributed by atoms with E-state index in [-0.39, 0.29) is 23.1 Å². The van der Waals surface area contributed by atoms with Gasteiger partial charge in [0.25, 0.3) is 5.91 Å². The number of hydrogen-bond acceptors (Lipinski definition) is 7. The third-order valence-electron chi connectivity index (χ3n) is 3.16. The van der Waals surface area contributed by atoms with Crippen molar-refractivity contribution >= 4 is 41.1 Å². The highest BCUT2D eigenvalue weighted by Crippen LogP contribution is 2.13. The van der Waals surface area contributed by atoms with Gasteiger partial charge in [-0.2, -0.15) is 0 Å². The second-order valence-electron chi connectivity index (χ2n) is 5.46. The van der Waals surface area contributed by atoms with Gasteiger partial charge in [-0.05, 0) is 26.0 Å². The predicted molar refractivity (Wildman–Crippen MR) is 97.8 cm³/mol. The average molecular weight is 395 g/mol. The number of ether oxygens (including phenoxy) is 1. The van der Waals surface area contributed by atoms with Crippen LogP contribution in [0.2, 0.25) is 0 Å². The van der Waals surface area contributed by atoms with Gasteiger partial charge >= 0.3 is 5.97 Å². The summed E-state index contributed by atoms with van der Waals surface area (Å²) >= 11 is 1.02. The number of aromatic nitrogens is 1. The van der Waals surface area contributed by atoms with Gasteiger partial charge in [-0.25, -0.2) is 4.39 Å². The van der Waals surface area contributed by atoms with Crippen LogP contribution in [0.25, 0.3) is 0 Å². The number of anilines is 2. The summed E-state index contributed by atoms with van der Waals surface area (Å²) in [4.78, 5) is 35.4. The zero-order valence-corrected chi connectivity index (χ0v) is 15.5. The molecule has 0 radical (unpaired) electrons. The van der Waals surface area contributed by atoms with Crippen molar-refractivity contribution in [1.82, 2.24) is 5.16 Å². The number of benzene rings is 1. The Hall–Kier alpha value is -2.88. The fraction of sp³-hybridized carbons (Fsp3) is 0.294. The molecule has 0 fully saturated rings. The molecule has 27 heavy (non-hydrogen) atoms. The lowest BCUT2D eigenvalue weighted by Crippen LogP contribution is -2.31. The van der Waals surface area contributed by atoms with E-state index in [9.17, 15) is 18.8 Å². The fourth-order valence-electron chi connectivity index (χ4n) is 1.91. The van der Waals surface area contributed by atoms with Crippen LogP contribution in [0, 0.1) is 12.7 Å². The molecule has 1 aromatic heterocycles. The first-order valence-electron chi connectivity index (χ1n) is 7.91. The van der Waals surface area contributed by atoms with Crippen molar-refractivity contribution in [2.75, 3.05) is 22.1 Å². The van der Waals surface area contributed by atoms with Crippen LogP contribution in [-0.4, -0.2) is 40.6 Å². The maximum atomic E-state index is 13.5. The molecular formula is C17H18FN3O5S. The zero-order valence-electron chi connectivity index (χ0n) is 14.7. The Morgan fingerprint density at radius 2 is 2.00 bits per heavy atom. The van der Waals surface area contributed by atoms with E-state index in [4.69, 9.17) is 9.26 Å². The van der Waals surface area contributed by atoms with E-state index in [1.54, 1.807) is 19.1 Å². The summed E-state index contributed by atoms with van der Waals surface area (Å²) in [7, 11) is 0. The van der Waals surface area contributed by atoms with Gasteiger partial charge < -0.3 is 19.9 Å². The van der Waals surface area contributed by atoms with Crippen molar-refractivity contribution in [2.24, 2.45) is 0 Å². The number of halogens is 1. The minimum atomic E-state index is -1.11. The molecule has 0 unspecified atom stereocenters. The van der Waals surface area contributed by atoms with Crippen LogP contribution in [0.1, 0.15) is 12.7 Å². The van der Waals surface area contributed by atoms with Gasteiger partial charge in [-0.1, -0.05) is 17.3 Å². The Morgan fingerprint density at radius 1 is 1.26 bits per heavy atom. The van der Waals surface area contributed by atoms with Crippen molar-refractivity contribution in [3.8, 4) is 0 Å². The molecule has 0 bridgehead atoms. The number of rotatable bonds is 8. The summed E-state index contributed by atoms with van der Waals surface area (Å²) < 4.78 is 23.3. The van der Waals surface area contributed by atoms with E-state index in [2.05, 4.69) is 15.8 Å². The lowest BCUT2D eigenvalue weighted by Gasteiger charge is -2.13. The van der Waals surface area contributed by atoms with Crippen molar-refractivity contribution in [3.63, 3.8) is 0 Å². The monoisotopic (exact) mass is 395 g/mol. The number of para-hydroxylation sites is 1. The molecule has 2 amide bonds. The molecule has 1 heterocycles. The van der Waals surface area contributed by atoms with E-state index in [1.165, 1.54) is 25.1 Å². The topological polar surface area (TPSA) is 111 Å². The van der Waals surface area contributed by atoms with Gasteiger partial charge in [0, 0.05) is 6.07 Å². The smallest absolute Gasteiger partial charge is 0.316 e. The number of nitrogens with one attached hydrogen (secondary N) is 2. The standard InChI is InChI=1S/C17H18FN3O5S/c1-10-7-14(21-26-10)20-15(22)8-27-9-16(23)25-11(2)17(24)19-13-6-4-3-5-12(13)18/h3-7,11H,8-9H2,1-2H3,(H,19,24)(H,20,21,22)/t11-/m0/s1. The highest BCUT2D eigenvalue weighted by Gasteiger charge is 2.19. The molecule has 1 atom stereocenters. The molecular weight excluding hydrogens is 377 g/mol. The van der Waals surface area contributed by atoms with Crippen LogP contribution < -0.4 is 10.6 Å². The number of carbonyl (C=O) groups is 3. The molecule has 1 aromatic carbocycles. The number of nitrogens with zero attached hydrogens (tertiary/aromatic N) is 1. The third-order valence-corrected chi connectivity index (χ3v) is 4.06. The number of carbonyl (C=O) groups excluding carboxylic acids is 3. The Kier molecular flexibility index (Phi) is 7.35. The molecule has 2 N–H and O–H groups in total. The largest absolute Gasteiger partial charge is 0.452 e. The zero-order chi connectivity index (χ0) is 19.8. The Labute approximate surface area is 158 Å². The van der Waals surface area contributed by atoms with Crippen molar-refractivity contribution in [3.05, 3.63) is 41.9 Å². The van der Waals surface area contributed by atoms with E-state index < -0.39 is 23.8 Å². The number of hydrogen-bond donors (Lipinski definition) is 2. The second-order valence-corrected chi connectivity index (χ2v) is 6.45. The molecule has 0 aliphatic carbocycles. The Bertz CT molecular complexity index is 826. The molecule has 10 heteroatoms. The highest BCUT2D eigenvalue weighted by atomic mass is 32.2. The van der Waals surface area contributed by atoms with Crippen LogP contribution >= 0.6 is 11.8 Å². The first kappa shape index (κ1) is 20.4. The number of esters is 1. The molecule has 144 valence electrons. The molecule has 0 saturated heterocycles. The number of aryl methyl sites for hydroxylation is 1. The van der Waals surface area contributed by atoms with Crippen LogP contribution in [0.3, 0.4) is 0 Å². The Balaban J connectivity index is 1.69. The van der Waals surface area contributed by atoms with Crippen molar-refractivity contribution in [1.29, 1.82) is 0 Å². The summed E-state index contributed by atoms with van der Waals surface area (Å²) in [6.07, 6.45) is -1.11. The molecule has 0 spiro atoms. The lowest BCUT2D eigenvalue weighted by molar-refractivity contribution is -0.150. The van der Waals surface area contributed by atoms with Crippen LogP contribution in [0.5, 0.6) is 0 Å². The SMILES string of the molecule is Cc1cc(NC(=O)CSCC(=O)O[C@@H](C)C(=O)Nc2ccccc2F)no1. The lowest BCUT2D eigenvalue weighted by atomic mass is 10.3. The van der Waals surface area contributed by atoms with Crippen LogP contribution in [0.15, 0.2) is 34.9 Å². The van der Waals surface area contributed by atoms with Gasteiger partial charge in [0.1, 0.15) is 11.6 Å². The maximum absolute atomic E-state index is 13.5. The molecule has 0 aliphatic heterocycles. The summed E-state index contributed by atoms with van der Waals surface area (Å²) in [5.74, 6) is -1.54. The summed E-state index contributed by atoms with van der Waals surface area (Å²) in [5.41, 5.74) is -0.000428. The summed E-state index contributed by atoms with van der Waals surface area (Å²) in [5, 5.41) is 8.47. The molecule has 2 aromatic rings. The minimum Gasteiger partial charge on any atom is -0.452 e. The summed E-state index contributed by atoms with van der Waals surface area (Å²) in [6.45, 7) is 3.06. The number of amides is 2. The molecule has 8 nitrogen and oxygen atoms in total. The first-order valence-corrected chi connectivity index (χ1v) is 9.06. The van der Waals surface area contributed by atoms with E-state index in [0.29, 0.717) is 11.6 Å². The fourth-order valence-corrected chi connectivity index (χ4v) is 2.51. The molecule has 2 rings (SSSR count). The average Bonchev–Trinajstić information content (AvgIpc) is 3.01. The van der Waals surface area contributed by atoms with Crippen LogP contribution in [0.4, 0.5) is 15.9 Å². The highest BCUT2D eigenvalue weighted by molar-refractivity contribution is 8.00. The first-order chi connectivity index (χ1) is 12.8. The predicted octanol–water partition coefficient (Wildman–Crippen LogP) is 2.36. The quantitative estimate of drug-likeness (QED) is 0.660. The maximum Gasteiger partial charge on any atom is 0.316 e. The van der Waals surface area contributed by atoms with E-state index in [0.717, 1.165) is 11.8 Å². The van der Waals surface area contributed by atoms with E-state index >= 15 is 0 Å². The second kappa shape index (κ2) is 9.72. The van der Waals surface area contributed by atoms with Gasteiger partial charge in [0.05, 0.1) is 17.2 Å². The Morgan fingerprint density at radius 3 is 2.67 bits per heavy atom. The van der Waals surface area contributed by atoms with Crippen molar-refractivity contribution in [2.45, 2.75) is 20.0 Å². The molecule has 0 aliphatic rings.